The standard InChI is InChI=1S/C11H18N4O.ClH/c1-8(12)11(16)15-7-3-2-4-9(15)10-13-5-6-14-10;/h5-6,8-9H,2-4,7,12H2,1H3,(H,13,14);1H/t8-,9?;/m1./s1. The van der Waals surface area contributed by atoms with Crippen molar-refractivity contribution in [2.75, 3.05) is 6.54 Å². The van der Waals surface area contributed by atoms with Crippen LogP contribution in [0, 0.1) is 0 Å². The number of hydrogen-bond donors (Lipinski definition) is 2. The molecule has 6 heteroatoms. The molecule has 1 aromatic rings. The first-order valence-electron chi connectivity index (χ1n) is 5.75. The highest BCUT2D eigenvalue weighted by atomic mass is 35.5. The monoisotopic (exact) mass is 258 g/mol. The molecule has 0 aromatic carbocycles. The van der Waals surface area contributed by atoms with Gasteiger partial charge in [-0.25, -0.2) is 4.98 Å². The maximum atomic E-state index is 12.0. The predicted octanol–water partition coefficient (Wildman–Crippen LogP) is 1.23. The molecule has 2 rings (SSSR count). The van der Waals surface area contributed by atoms with Crippen LogP contribution in [0.5, 0.6) is 0 Å². The number of likely N-dealkylation sites (tertiary alicyclic amines) is 1. The van der Waals surface area contributed by atoms with E-state index in [-0.39, 0.29) is 24.4 Å². The van der Waals surface area contributed by atoms with Crippen LogP contribution >= 0.6 is 12.4 Å². The van der Waals surface area contributed by atoms with E-state index in [2.05, 4.69) is 9.97 Å². The number of rotatable bonds is 2. The fourth-order valence-electron chi connectivity index (χ4n) is 2.20. The lowest BCUT2D eigenvalue weighted by Gasteiger charge is -2.35. The van der Waals surface area contributed by atoms with E-state index in [1.54, 1.807) is 19.3 Å². The van der Waals surface area contributed by atoms with Crippen molar-refractivity contribution in [2.45, 2.75) is 38.3 Å². The van der Waals surface area contributed by atoms with E-state index in [1.165, 1.54) is 0 Å². The Hall–Kier alpha value is -1.07. The van der Waals surface area contributed by atoms with Gasteiger partial charge >= 0.3 is 0 Å². The smallest absolute Gasteiger partial charge is 0.239 e. The molecule has 5 nitrogen and oxygen atoms in total. The first kappa shape index (κ1) is 14.0. The van der Waals surface area contributed by atoms with E-state index >= 15 is 0 Å². The van der Waals surface area contributed by atoms with E-state index < -0.39 is 6.04 Å². The molecule has 17 heavy (non-hydrogen) atoms. The lowest BCUT2D eigenvalue weighted by Crippen LogP contribution is -2.46. The average molecular weight is 259 g/mol. The number of halogens is 1. The Morgan fingerprint density at radius 2 is 2.41 bits per heavy atom. The van der Waals surface area contributed by atoms with Gasteiger partial charge in [-0.2, -0.15) is 0 Å². The summed E-state index contributed by atoms with van der Waals surface area (Å²) in [6, 6.07) is -0.363. The van der Waals surface area contributed by atoms with E-state index in [0.717, 1.165) is 31.6 Å². The molecule has 2 atom stereocenters. The molecule has 1 aliphatic heterocycles. The SMILES string of the molecule is C[C@@H](N)C(=O)N1CCCCC1c1ncc[nH]1.Cl. The lowest BCUT2D eigenvalue weighted by molar-refractivity contribution is -0.136. The Bertz CT molecular complexity index is 352. The molecule has 1 fully saturated rings. The van der Waals surface area contributed by atoms with Crippen molar-refractivity contribution in [3.8, 4) is 0 Å². The number of nitrogens with one attached hydrogen (secondary N) is 1. The summed E-state index contributed by atoms with van der Waals surface area (Å²) in [5.41, 5.74) is 5.66. The first-order valence-corrected chi connectivity index (χ1v) is 5.75. The number of nitrogens with zero attached hydrogens (tertiary/aromatic N) is 2. The highest BCUT2D eigenvalue weighted by Gasteiger charge is 2.30. The number of carbonyl (C=O) groups is 1. The van der Waals surface area contributed by atoms with Gasteiger partial charge < -0.3 is 15.6 Å². The predicted molar refractivity (Wildman–Crippen MR) is 67.8 cm³/mol. The molecule has 0 aliphatic carbocycles. The number of carbonyl (C=O) groups excluding carboxylic acids is 1. The summed E-state index contributed by atoms with van der Waals surface area (Å²) in [5.74, 6) is 0.884. The second kappa shape index (κ2) is 6.02. The van der Waals surface area contributed by atoms with Crippen molar-refractivity contribution < 1.29 is 4.79 Å². The van der Waals surface area contributed by atoms with Crippen LogP contribution in [0.4, 0.5) is 0 Å². The van der Waals surface area contributed by atoms with Crippen molar-refractivity contribution in [3.63, 3.8) is 0 Å². The molecule has 0 saturated carbocycles. The number of H-pyrrole nitrogens is 1. The van der Waals surface area contributed by atoms with E-state index in [9.17, 15) is 4.79 Å². The molecule has 1 unspecified atom stereocenters. The molecule has 1 amide bonds. The number of hydrogen-bond acceptors (Lipinski definition) is 3. The lowest BCUT2D eigenvalue weighted by atomic mass is 10.0. The number of nitrogens with two attached hydrogens (primary N) is 1. The Kier molecular flexibility index (Phi) is 4.96. The van der Waals surface area contributed by atoms with Gasteiger partial charge in [-0.15, -0.1) is 12.4 Å². The second-order valence-electron chi connectivity index (χ2n) is 4.31. The van der Waals surface area contributed by atoms with Crippen molar-refractivity contribution in [1.82, 2.24) is 14.9 Å². The van der Waals surface area contributed by atoms with Gasteiger partial charge in [0.25, 0.3) is 0 Å². The number of imidazole rings is 1. The number of amides is 1. The number of aromatic amines is 1. The Balaban J connectivity index is 0.00000144. The molecule has 0 spiro atoms. The molecule has 1 aliphatic rings. The third-order valence-corrected chi connectivity index (χ3v) is 3.01. The quantitative estimate of drug-likeness (QED) is 0.838. The maximum Gasteiger partial charge on any atom is 0.239 e. The van der Waals surface area contributed by atoms with Crippen molar-refractivity contribution in [1.29, 1.82) is 0 Å². The fourth-order valence-corrected chi connectivity index (χ4v) is 2.20. The average Bonchev–Trinajstić information content (AvgIpc) is 2.81. The highest BCUT2D eigenvalue weighted by Crippen LogP contribution is 2.28. The molecule has 3 N–H and O–H groups in total. The Morgan fingerprint density at radius 3 is 3.00 bits per heavy atom. The molecule has 2 heterocycles. The maximum absolute atomic E-state index is 12.0. The van der Waals surface area contributed by atoms with Crippen LogP contribution in [-0.4, -0.2) is 33.4 Å². The summed E-state index contributed by atoms with van der Waals surface area (Å²) in [6.07, 6.45) is 6.66. The van der Waals surface area contributed by atoms with Gasteiger partial charge in [0.15, 0.2) is 0 Å². The van der Waals surface area contributed by atoms with Gasteiger partial charge in [0, 0.05) is 18.9 Å². The van der Waals surface area contributed by atoms with Crippen LogP contribution in [0.3, 0.4) is 0 Å². The Morgan fingerprint density at radius 1 is 1.65 bits per heavy atom. The second-order valence-corrected chi connectivity index (χ2v) is 4.31. The summed E-state index contributed by atoms with van der Waals surface area (Å²) in [4.78, 5) is 21.1. The van der Waals surface area contributed by atoms with Crippen molar-refractivity contribution >= 4 is 18.3 Å². The Labute approximate surface area is 107 Å². The normalized spacial score (nSPS) is 21.8. The number of piperidine rings is 1. The van der Waals surface area contributed by atoms with Gasteiger partial charge in [-0.1, -0.05) is 0 Å². The van der Waals surface area contributed by atoms with Crippen LogP contribution in [0.15, 0.2) is 12.4 Å². The van der Waals surface area contributed by atoms with Gasteiger partial charge in [0.05, 0.1) is 12.1 Å². The summed E-state index contributed by atoms with van der Waals surface area (Å²) < 4.78 is 0. The highest BCUT2D eigenvalue weighted by molar-refractivity contribution is 5.85. The molecule has 0 bridgehead atoms. The van der Waals surface area contributed by atoms with Crippen molar-refractivity contribution in [2.24, 2.45) is 5.73 Å². The summed E-state index contributed by atoms with van der Waals surface area (Å²) in [5, 5.41) is 0. The van der Waals surface area contributed by atoms with E-state index in [0.29, 0.717) is 0 Å². The summed E-state index contributed by atoms with van der Waals surface area (Å²) >= 11 is 0. The fraction of sp³-hybridized carbons (Fsp3) is 0.636. The zero-order valence-electron chi connectivity index (χ0n) is 9.93. The minimum Gasteiger partial charge on any atom is -0.347 e. The minimum absolute atomic E-state index is 0. The molecule has 1 saturated heterocycles. The van der Waals surface area contributed by atoms with Crippen LogP contribution in [0.25, 0.3) is 0 Å². The molecule has 0 radical (unpaired) electrons. The number of aromatic nitrogens is 2. The minimum atomic E-state index is -0.435. The van der Waals surface area contributed by atoms with Crippen LogP contribution in [0.1, 0.15) is 38.1 Å². The molecule has 1 aromatic heterocycles. The summed E-state index contributed by atoms with van der Waals surface area (Å²) in [7, 11) is 0. The molecular weight excluding hydrogens is 240 g/mol. The van der Waals surface area contributed by atoms with E-state index in [1.807, 2.05) is 4.90 Å². The third-order valence-electron chi connectivity index (χ3n) is 3.01. The zero-order chi connectivity index (χ0) is 11.5. The van der Waals surface area contributed by atoms with Crippen molar-refractivity contribution in [3.05, 3.63) is 18.2 Å². The van der Waals surface area contributed by atoms with Gasteiger partial charge in [0.2, 0.25) is 5.91 Å². The first-order chi connectivity index (χ1) is 7.70. The van der Waals surface area contributed by atoms with Crippen LogP contribution < -0.4 is 5.73 Å². The van der Waals surface area contributed by atoms with Crippen LogP contribution in [-0.2, 0) is 4.79 Å². The van der Waals surface area contributed by atoms with Gasteiger partial charge in [-0.05, 0) is 26.2 Å². The summed E-state index contributed by atoms with van der Waals surface area (Å²) in [6.45, 7) is 2.52. The molecular formula is C11H19ClN4O. The molecule has 96 valence electrons. The third kappa shape index (κ3) is 2.98. The van der Waals surface area contributed by atoms with Crippen LogP contribution in [0.2, 0.25) is 0 Å². The van der Waals surface area contributed by atoms with Gasteiger partial charge in [0.1, 0.15) is 5.82 Å². The van der Waals surface area contributed by atoms with Gasteiger partial charge in [-0.3, -0.25) is 4.79 Å². The van der Waals surface area contributed by atoms with E-state index in [4.69, 9.17) is 5.73 Å². The topological polar surface area (TPSA) is 75.0 Å². The zero-order valence-corrected chi connectivity index (χ0v) is 10.7. The largest absolute Gasteiger partial charge is 0.347 e.